The molecule has 0 aromatic heterocycles. The van der Waals surface area contributed by atoms with E-state index in [0.717, 1.165) is 13.7 Å². The Bertz CT molecular complexity index is 228. The lowest BCUT2D eigenvalue weighted by molar-refractivity contribution is 0.114. The van der Waals surface area contributed by atoms with Gasteiger partial charge < -0.3 is 14.7 Å². The molecule has 0 aromatic carbocycles. The molecule has 2 heterocycles. The van der Waals surface area contributed by atoms with Crippen molar-refractivity contribution in [2.45, 2.75) is 19.3 Å². The molecule has 5 nitrogen and oxygen atoms in total. The molecule has 14 heavy (non-hydrogen) atoms. The molecule has 0 radical (unpaired) electrons. The van der Waals surface area contributed by atoms with E-state index in [2.05, 4.69) is 14.6 Å². The van der Waals surface area contributed by atoms with Crippen molar-refractivity contribution in [3.63, 3.8) is 0 Å². The van der Waals surface area contributed by atoms with Crippen LogP contribution in [-0.4, -0.2) is 48.7 Å². The highest BCUT2D eigenvalue weighted by Crippen LogP contribution is 2.14. The number of hydrogen-bond donors (Lipinski definition) is 1. The van der Waals surface area contributed by atoms with E-state index < -0.39 is 6.16 Å². The highest BCUT2D eigenvalue weighted by molar-refractivity contribution is 5.84. The number of carboxylic acid groups (broad SMARTS) is 1. The van der Waals surface area contributed by atoms with Gasteiger partial charge in [-0.1, -0.05) is 0 Å². The molecule has 1 saturated heterocycles. The molecule has 1 N–H and O–H groups in total. The van der Waals surface area contributed by atoms with Crippen molar-refractivity contribution >= 4 is 12.0 Å². The van der Waals surface area contributed by atoms with Crippen molar-refractivity contribution in [2.75, 3.05) is 26.7 Å². The molecule has 0 amide bonds. The highest BCUT2D eigenvalue weighted by atomic mass is 16.6. The van der Waals surface area contributed by atoms with Gasteiger partial charge in [-0.3, -0.25) is 4.99 Å². The molecule has 2 rings (SSSR count). The van der Waals surface area contributed by atoms with Crippen molar-refractivity contribution < 1.29 is 14.6 Å². The number of fused-ring (bicyclic) bond motifs is 1. The van der Waals surface area contributed by atoms with E-state index in [0.29, 0.717) is 0 Å². The highest BCUT2D eigenvalue weighted by Gasteiger charge is 2.19. The van der Waals surface area contributed by atoms with Crippen LogP contribution in [0, 0.1) is 0 Å². The summed E-state index contributed by atoms with van der Waals surface area (Å²) in [6.45, 7) is 3.60. The molecule has 0 unspecified atom stereocenters. The maximum atomic E-state index is 9.15. The Labute approximate surface area is 83.4 Å². The Morgan fingerprint density at radius 3 is 2.71 bits per heavy atom. The standard InChI is InChI=1S/C7H12N2.C2H4O3/c1-3-7-8-4-2-6-9(7)5-1;1-5-2(3)4/h1-6H2;1H3,(H,3,4). The van der Waals surface area contributed by atoms with Crippen LogP contribution in [0.2, 0.25) is 0 Å². The molecule has 0 atom stereocenters. The third-order valence-electron chi connectivity index (χ3n) is 2.25. The van der Waals surface area contributed by atoms with Gasteiger partial charge in [0.15, 0.2) is 0 Å². The van der Waals surface area contributed by atoms with Crippen LogP contribution in [0.3, 0.4) is 0 Å². The molecule has 5 heteroatoms. The number of methoxy groups -OCH3 is 1. The molecule has 2 aliphatic rings. The second-order valence-corrected chi connectivity index (χ2v) is 3.21. The summed E-state index contributed by atoms with van der Waals surface area (Å²) in [4.78, 5) is 16.0. The van der Waals surface area contributed by atoms with Gasteiger partial charge in [0.25, 0.3) is 0 Å². The van der Waals surface area contributed by atoms with E-state index in [1.165, 1.54) is 38.2 Å². The molecule has 0 aliphatic carbocycles. The number of ether oxygens (including phenoxy) is 1. The average Bonchev–Trinajstić information content (AvgIpc) is 2.66. The van der Waals surface area contributed by atoms with Gasteiger partial charge in [-0.15, -0.1) is 0 Å². The summed E-state index contributed by atoms with van der Waals surface area (Å²) in [5.41, 5.74) is 0. The van der Waals surface area contributed by atoms with Crippen LogP contribution in [-0.2, 0) is 4.74 Å². The normalized spacial score (nSPS) is 18.9. The summed E-state index contributed by atoms with van der Waals surface area (Å²) in [5, 5.41) is 7.50. The van der Waals surface area contributed by atoms with E-state index in [1.807, 2.05) is 0 Å². The zero-order valence-corrected chi connectivity index (χ0v) is 8.40. The van der Waals surface area contributed by atoms with E-state index in [9.17, 15) is 0 Å². The van der Waals surface area contributed by atoms with Crippen LogP contribution in [0.1, 0.15) is 19.3 Å². The summed E-state index contributed by atoms with van der Waals surface area (Å²) >= 11 is 0. The molecule has 0 bridgehead atoms. The lowest BCUT2D eigenvalue weighted by Gasteiger charge is -2.21. The molecule has 1 fully saturated rings. The Morgan fingerprint density at radius 2 is 2.14 bits per heavy atom. The van der Waals surface area contributed by atoms with Crippen LogP contribution in [0.15, 0.2) is 4.99 Å². The van der Waals surface area contributed by atoms with Crippen molar-refractivity contribution in [3.05, 3.63) is 0 Å². The van der Waals surface area contributed by atoms with E-state index in [1.54, 1.807) is 0 Å². The fraction of sp³-hybridized carbons (Fsp3) is 0.778. The number of aliphatic imine (C=N–C) groups is 1. The molecule has 2 aliphatic heterocycles. The number of rotatable bonds is 0. The Morgan fingerprint density at radius 1 is 1.50 bits per heavy atom. The summed E-state index contributed by atoms with van der Waals surface area (Å²) in [6.07, 6.45) is 2.59. The third-order valence-corrected chi connectivity index (χ3v) is 2.25. The van der Waals surface area contributed by atoms with E-state index in [4.69, 9.17) is 9.90 Å². The quantitative estimate of drug-likeness (QED) is 0.597. The smallest absolute Gasteiger partial charge is 0.450 e. The zero-order chi connectivity index (χ0) is 10.4. The molecule has 80 valence electrons. The number of hydrogen-bond acceptors (Lipinski definition) is 4. The number of nitrogens with zero attached hydrogens (tertiary/aromatic N) is 2. The first-order valence-corrected chi connectivity index (χ1v) is 4.79. The largest absolute Gasteiger partial charge is 0.505 e. The predicted octanol–water partition coefficient (Wildman–Crippen LogP) is 1.20. The maximum Gasteiger partial charge on any atom is 0.505 e. The second-order valence-electron chi connectivity index (χ2n) is 3.21. The van der Waals surface area contributed by atoms with Crippen molar-refractivity contribution in [1.29, 1.82) is 0 Å². The van der Waals surface area contributed by atoms with Crippen LogP contribution < -0.4 is 0 Å². The first-order valence-electron chi connectivity index (χ1n) is 4.79. The minimum Gasteiger partial charge on any atom is -0.450 e. The van der Waals surface area contributed by atoms with Gasteiger partial charge in [0.2, 0.25) is 0 Å². The van der Waals surface area contributed by atoms with Crippen LogP contribution >= 0.6 is 0 Å². The molecular formula is C9H16N2O3. The monoisotopic (exact) mass is 200 g/mol. The first kappa shape index (κ1) is 10.8. The Balaban J connectivity index is 0.000000171. The lowest BCUT2D eigenvalue weighted by atomic mass is 10.3. The van der Waals surface area contributed by atoms with Gasteiger partial charge in [-0.25, -0.2) is 4.79 Å². The molecule has 0 aromatic rings. The van der Waals surface area contributed by atoms with Gasteiger partial charge in [-0.2, -0.15) is 0 Å². The summed E-state index contributed by atoms with van der Waals surface area (Å²) in [5.74, 6) is 1.38. The van der Waals surface area contributed by atoms with Crippen molar-refractivity contribution in [2.24, 2.45) is 4.99 Å². The van der Waals surface area contributed by atoms with Gasteiger partial charge in [0.1, 0.15) is 0 Å². The second kappa shape index (κ2) is 5.47. The third kappa shape index (κ3) is 3.24. The van der Waals surface area contributed by atoms with Gasteiger partial charge in [0, 0.05) is 26.1 Å². The van der Waals surface area contributed by atoms with E-state index >= 15 is 0 Å². The van der Waals surface area contributed by atoms with Gasteiger partial charge in [-0.05, 0) is 12.8 Å². The Hall–Kier alpha value is -1.26. The van der Waals surface area contributed by atoms with E-state index in [-0.39, 0.29) is 0 Å². The average molecular weight is 200 g/mol. The van der Waals surface area contributed by atoms with Crippen molar-refractivity contribution in [3.8, 4) is 0 Å². The maximum absolute atomic E-state index is 9.15. The molecule has 0 spiro atoms. The lowest BCUT2D eigenvalue weighted by Crippen LogP contribution is -2.29. The van der Waals surface area contributed by atoms with Gasteiger partial charge >= 0.3 is 6.16 Å². The van der Waals surface area contributed by atoms with Crippen LogP contribution in [0.5, 0.6) is 0 Å². The van der Waals surface area contributed by atoms with Crippen molar-refractivity contribution in [1.82, 2.24) is 4.90 Å². The van der Waals surface area contributed by atoms with Gasteiger partial charge in [0.05, 0.1) is 12.9 Å². The van der Waals surface area contributed by atoms with Crippen LogP contribution in [0.25, 0.3) is 0 Å². The number of carbonyl (C=O) groups is 1. The summed E-state index contributed by atoms with van der Waals surface area (Å²) in [7, 11) is 1.10. The number of amidine groups is 1. The first-order chi connectivity index (χ1) is 6.74. The van der Waals surface area contributed by atoms with Crippen LogP contribution in [0.4, 0.5) is 4.79 Å². The fourth-order valence-corrected chi connectivity index (χ4v) is 1.60. The topological polar surface area (TPSA) is 62.1 Å². The minimum atomic E-state index is -1.25. The fourth-order valence-electron chi connectivity index (χ4n) is 1.60. The molecular weight excluding hydrogens is 184 g/mol. The SMILES string of the molecule is C1CN=C2CCCN2C1.COC(=O)O. The zero-order valence-electron chi connectivity index (χ0n) is 8.40. The summed E-state index contributed by atoms with van der Waals surface area (Å²) < 4.78 is 3.67. The summed E-state index contributed by atoms with van der Waals surface area (Å²) in [6, 6.07) is 0. The molecule has 0 saturated carbocycles. The predicted molar refractivity (Wildman–Crippen MR) is 52.8 cm³/mol. The minimum absolute atomic E-state index is 1.08. The Kier molecular flexibility index (Phi) is 4.22.